The van der Waals surface area contributed by atoms with E-state index in [2.05, 4.69) is 20.9 Å². The molecule has 2 N–H and O–H groups in total. The van der Waals surface area contributed by atoms with Gasteiger partial charge in [-0.1, -0.05) is 30.3 Å². The second-order valence-corrected chi connectivity index (χ2v) is 8.95. The minimum atomic E-state index is -1.40. The summed E-state index contributed by atoms with van der Waals surface area (Å²) in [6.07, 6.45) is 1.44. The maximum Gasteiger partial charge on any atom is 0.344 e. The summed E-state index contributed by atoms with van der Waals surface area (Å²) in [4.78, 5) is 61.0. The second-order valence-electron chi connectivity index (χ2n) is 7.94. The van der Waals surface area contributed by atoms with Gasteiger partial charge in [0.25, 0.3) is 17.5 Å². The van der Waals surface area contributed by atoms with Crippen LogP contribution < -0.4 is 10.7 Å². The number of aryl methyl sites for hydroxylation is 1. The average Bonchev–Trinajstić information content (AvgIpc) is 3.38. The summed E-state index contributed by atoms with van der Waals surface area (Å²) in [5, 5.41) is 22.5. The molecule has 0 unspecified atom stereocenters. The second kappa shape index (κ2) is 10.1. The van der Waals surface area contributed by atoms with Crippen LogP contribution in [0.25, 0.3) is 0 Å². The molecule has 0 spiro atoms. The van der Waals surface area contributed by atoms with Gasteiger partial charge in [-0.25, -0.2) is 9.59 Å². The first-order valence-corrected chi connectivity index (χ1v) is 11.4. The third-order valence-electron chi connectivity index (χ3n) is 5.38. The molecule has 0 aliphatic carbocycles. The SMILES string of the molecule is Cn1cnnc1Sc1ccc(C(=O)OCC(=O)NN2C(=O)N[C@](C)(c3ccccc3)C2=O)cc1[N+](=O)[O-]. The van der Waals surface area contributed by atoms with E-state index in [0.29, 0.717) is 15.7 Å². The fraction of sp³-hybridized carbons (Fsp3) is 0.182. The van der Waals surface area contributed by atoms with Crippen LogP contribution in [0.2, 0.25) is 0 Å². The zero-order valence-corrected chi connectivity index (χ0v) is 20.2. The Labute approximate surface area is 213 Å². The summed E-state index contributed by atoms with van der Waals surface area (Å²) in [7, 11) is 1.67. The number of nitro groups is 1. The van der Waals surface area contributed by atoms with Gasteiger partial charge in [-0.15, -0.1) is 10.2 Å². The van der Waals surface area contributed by atoms with Crippen LogP contribution in [0.1, 0.15) is 22.8 Å². The lowest BCUT2D eigenvalue weighted by molar-refractivity contribution is -0.387. The molecule has 1 atom stereocenters. The Hall–Kier alpha value is -4.79. The maximum atomic E-state index is 12.8. The van der Waals surface area contributed by atoms with Crippen molar-refractivity contribution in [3.63, 3.8) is 0 Å². The number of nitrogens with zero attached hydrogens (tertiary/aromatic N) is 5. The van der Waals surface area contributed by atoms with E-state index in [0.717, 1.165) is 17.8 Å². The van der Waals surface area contributed by atoms with Gasteiger partial charge in [0, 0.05) is 13.1 Å². The highest BCUT2D eigenvalue weighted by Crippen LogP contribution is 2.34. The summed E-state index contributed by atoms with van der Waals surface area (Å²) < 4.78 is 6.50. The predicted molar refractivity (Wildman–Crippen MR) is 126 cm³/mol. The van der Waals surface area contributed by atoms with Crippen molar-refractivity contribution < 1.29 is 28.8 Å². The van der Waals surface area contributed by atoms with Crippen LogP contribution in [-0.2, 0) is 26.9 Å². The van der Waals surface area contributed by atoms with Gasteiger partial charge in [0.15, 0.2) is 11.8 Å². The summed E-state index contributed by atoms with van der Waals surface area (Å²) in [6, 6.07) is 11.3. The Bertz CT molecular complexity index is 1410. The van der Waals surface area contributed by atoms with Crippen LogP contribution >= 0.6 is 11.8 Å². The van der Waals surface area contributed by atoms with Crippen molar-refractivity contribution in [2.24, 2.45) is 7.05 Å². The lowest BCUT2D eigenvalue weighted by Crippen LogP contribution is -2.49. The highest BCUT2D eigenvalue weighted by Gasteiger charge is 2.50. The molecule has 37 heavy (non-hydrogen) atoms. The molecular formula is C22H19N7O7S. The molecule has 4 rings (SSSR count). The van der Waals surface area contributed by atoms with E-state index in [-0.39, 0.29) is 16.1 Å². The number of hydrogen-bond donors (Lipinski definition) is 2. The first-order chi connectivity index (χ1) is 17.6. The number of hydrogen-bond acceptors (Lipinski definition) is 10. The molecule has 0 radical (unpaired) electrons. The fourth-order valence-electron chi connectivity index (χ4n) is 3.42. The number of nitrogens with one attached hydrogen (secondary N) is 2. The van der Waals surface area contributed by atoms with Crippen LogP contribution in [0.5, 0.6) is 0 Å². The van der Waals surface area contributed by atoms with Crippen LogP contribution in [0, 0.1) is 10.1 Å². The van der Waals surface area contributed by atoms with E-state index in [1.807, 2.05) is 0 Å². The van der Waals surface area contributed by atoms with Gasteiger partial charge < -0.3 is 14.6 Å². The molecule has 190 valence electrons. The smallest absolute Gasteiger partial charge is 0.344 e. The number of carbonyl (C=O) groups is 4. The predicted octanol–water partition coefficient (Wildman–Crippen LogP) is 1.53. The normalized spacial score (nSPS) is 16.9. The Morgan fingerprint density at radius 2 is 1.95 bits per heavy atom. The number of aromatic nitrogens is 3. The van der Waals surface area contributed by atoms with Gasteiger partial charge in [-0.2, -0.15) is 5.01 Å². The van der Waals surface area contributed by atoms with Gasteiger partial charge in [0.1, 0.15) is 11.9 Å². The zero-order chi connectivity index (χ0) is 26.7. The van der Waals surface area contributed by atoms with Crippen molar-refractivity contribution in [1.29, 1.82) is 0 Å². The number of imide groups is 1. The zero-order valence-electron chi connectivity index (χ0n) is 19.4. The molecule has 2 aromatic carbocycles. The monoisotopic (exact) mass is 525 g/mol. The quantitative estimate of drug-likeness (QED) is 0.190. The van der Waals surface area contributed by atoms with E-state index < -0.39 is 40.9 Å². The van der Waals surface area contributed by atoms with Gasteiger partial charge in [0.05, 0.1) is 15.4 Å². The molecular weight excluding hydrogens is 506 g/mol. The van der Waals surface area contributed by atoms with Crippen LogP contribution in [0.4, 0.5) is 10.5 Å². The molecule has 0 saturated carbocycles. The molecule has 4 amide bonds. The van der Waals surface area contributed by atoms with Crippen molar-refractivity contribution >= 4 is 41.3 Å². The largest absolute Gasteiger partial charge is 0.452 e. The van der Waals surface area contributed by atoms with Crippen molar-refractivity contribution in [1.82, 2.24) is 30.5 Å². The Balaban J connectivity index is 1.39. The Morgan fingerprint density at radius 3 is 2.59 bits per heavy atom. The number of rotatable bonds is 8. The van der Waals surface area contributed by atoms with Gasteiger partial charge >= 0.3 is 12.0 Å². The third-order valence-corrected chi connectivity index (χ3v) is 6.49. The minimum Gasteiger partial charge on any atom is -0.452 e. The minimum absolute atomic E-state index is 0.173. The van der Waals surface area contributed by atoms with Crippen LogP contribution in [0.15, 0.2) is 64.9 Å². The lowest BCUT2D eigenvalue weighted by Gasteiger charge is -2.22. The molecule has 1 aromatic heterocycles. The summed E-state index contributed by atoms with van der Waals surface area (Å²) in [5.74, 6) is -2.70. The fourth-order valence-corrected chi connectivity index (χ4v) is 4.27. The van der Waals surface area contributed by atoms with Crippen molar-refractivity contribution in [3.8, 4) is 0 Å². The average molecular weight is 526 g/mol. The summed E-state index contributed by atoms with van der Waals surface area (Å²) in [6.45, 7) is 0.648. The van der Waals surface area contributed by atoms with E-state index >= 15 is 0 Å². The summed E-state index contributed by atoms with van der Waals surface area (Å²) in [5.41, 5.74) is 0.682. The number of amides is 4. The third kappa shape index (κ3) is 5.11. The maximum absolute atomic E-state index is 12.8. The van der Waals surface area contributed by atoms with E-state index in [4.69, 9.17) is 4.74 Å². The molecule has 1 fully saturated rings. The number of hydrazine groups is 1. The van der Waals surface area contributed by atoms with Crippen molar-refractivity contribution in [2.45, 2.75) is 22.5 Å². The number of urea groups is 1. The number of nitro benzene ring substituents is 1. The van der Waals surface area contributed by atoms with Crippen LogP contribution in [-0.4, -0.2) is 55.1 Å². The van der Waals surface area contributed by atoms with Crippen molar-refractivity contribution in [2.75, 3.05) is 6.61 Å². The highest BCUT2D eigenvalue weighted by molar-refractivity contribution is 7.99. The van der Waals surface area contributed by atoms with Crippen molar-refractivity contribution in [3.05, 3.63) is 76.1 Å². The Morgan fingerprint density at radius 1 is 1.22 bits per heavy atom. The van der Waals surface area contributed by atoms with Gasteiger partial charge in [-0.05, 0) is 36.4 Å². The first kappa shape index (κ1) is 25.3. The van der Waals surface area contributed by atoms with Gasteiger partial charge in [0.2, 0.25) is 0 Å². The molecule has 1 aliphatic rings. The summed E-state index contributed by atoms with van der Waals surface area (Å²) >= 11 is 0.987. The van der Waals surface area contributed by atoms with Gasteiger partial charge in [-0.3, -0.25) is 25.1 Å². The first-order valence-electron chi connectivity index (χ1n) is 10.6. The topological polar surface area (TPSA) is 179 Å². The lowest BCUT2D eigenvalue weighted by atomic mass is 9.92. The molecule has 14 nitrogen and oxygen atoms in total. The molecule has 1 saturated heterocycles. The number of benzene rings is 2. The number of ether oxygens (including phenoxy) is 1. The van der Waals surface area contributed by atoms with E-state index in [9.17, 15) is 29.3 Å². The molecule has 2 heterocycles. The standard InChI is InChI=1S/C22H19N7O7S/c1-22(14-6-4-3-5-7-14)19(32)28(20(33)24-22)26-17(30)11-36-18(31)13-8-9-16(15(10-13)29(34)35)37-21-25-23-12-27(21)2/h3-10,12H,11H2,1-2H3,(H,24,33)(H,26,30)/t22-/m1/s1. The van der Waals surface area contributed by atoms with E-state index in [1.54, 1.807) is 41.9 Å². The molecule has 15 heteroatoms. The molecule has 1 aliphatic heterocycles. The number of carbonyl (C=O) groups excluding carboxylic acids is 4. The Kier molecular flexibility index (Phi) is 6.88. The van der Waals surface area contributed by atoms with E-state index in [1.165, 1.54) is 25.4 Å². The molecule has 0 bridgehead atoms. The molecule has 3 aromatic rings. The number of esters is 1. The highest BCUT2D eigenvalue weighted by atomic mass is 32.2. The van der Waals surface area contributed by atoms with Crippen LogP contribution in [0.3, 0.4) is 0 Å².